The van der Waals surface area contributed by atoms with Crippen molar-refractivity contribution in [2.24, 2.45) is 15.9 Å². The Bertz CT molecular complexity index is 644. The summed E-state index contributed by atoms with van der Waals surface area (Å²) in [5.41, 5.74) is 3.34. The molecule has 0 bridgehead atoms. The number of hydrogen-bond acceptors (Lipinski definition) is 5. The molecule has 0 aliphatic carbocycles. The number of carbonyl (C=O) groups is 1. The standard InChI is InChI=1S/C17H24N4O2/c1-17(2,3)23-16(22)21-8-7-12-5-6-13(9-14(12)11-21)15(20-18)10-19-4/h5-6,9-10H,7-8,11,18H2,1-4H3. The van der Waals surface area contributed by atoms with E-state index in [2.05, 4.69) is 16.2 Å². The van der Waals surface area contributed by atoms with Crippen LogP contribution in [0.25, 0.3) is 0 Å². The van der Waals surface area contributed by atoms with Gasteiger partial charge >= 0.3 is 6.09 Å². The van der Waals surface area contributed by atoms with Gasteiger partial charge in [0.2, 0.25) is 0 Å². The first-order valence-electron chi connectivity index (χ1n) is 7.64. The first kappa shape index (κ1) is 17.0. The Morgan fingerprint density at radius 1 is 1.35 bits per heavy atom. The summed E-state index contributed by atoms with van der Waals surface area (Å²) in [4.78, 5) is 17.9. The zero-order chi connectivity index (χ0) is 17.0. The van der Waals surface area contributed by atoms with E-state index < -0.39 is 5.60 Å². The number of fused-ring (bicyclic) bond motifs is 1. The summed E-state index contributed by atoms with van der Waals surface area (Å²) in [5.74, 6) is 5.42. The Morgan fingerprint density at radius 2 is 2.09 bits per heavy atom. The van der Waals surface area contributed by atoms with Gasteiger partial charge in [0.05, 0.1) is 0 Å². The first-order chi connectivity index (χ1) is 10.8. The van der Waals surface area contributed by atoms with Crippen LogP contribution < -0.4 is 5.84 Å². The second kappa shape index (κ2) is 6.81. The molecule has 1 aliphatic rings. The largest absolute Gasteiger partial charge is 0.444 e. The molecule has 0 spiro atoms. The zero-order valence-electron chi connectivity index (χ0n) is 14.2. The minimum atomic E-state index is -0.490. The molecule has 1 aromatic carbocycles. The number of rotatable bonds is 2. The fraction of sp³-hybridized carbons (Fsp3) is 0.471. The molecule has 0 atom stereocenters. The second-order valence-corrected chi connectivity index (χ2v) is 6.54. The van der Waals surface area contributed by atoms with Gasteiger partial charge in [-0.3, -0.25) is 4.99 Å². The molecular formula is C17H24N4O2. The number of nitrogens with two attached hydrogens (primary N) is 1. The van der Waals surface area contributed by atoms with Crippen LogP contribution in [0.15, 0.2) is 28.3 Å². The molecule has 1 aromatic rings. The molecule has 124 valence electrons. The normalized spacial score (nSPS) is 15.7. The van der Waals surface area contributed by atoms with Crippen LogP contribution in [0.5, 0.6) is 0 Å². The van der Waals surface area contributed by atoms with Crippen LogP contribution in [-0.4, -0.2) is 42.1 Å². The number of ether oxygens (including phenoxy) is 1. The lowest BCUT2D eigenvalue weighted by Gasteiger charge is -2.31. The Labute approximate surface area is 137 Å². The highest BCUT2D eigenvalue weighted by atomic mass is 16.6. The topological polar surface area (TPSA) is 80.3 Å². The van der Waals surface area contributed by atoms with Crippen LogP contribution in [0.4, 0.5) is 4.79 Å². The van der Waals surface area contributed by atoms with Crippen LogP contribution in [0, 0.1) is 0 Å². The average Bonchev–Trinajstić information content (AvgIpc) is 2.50. The molecule has 2 rings (SSSR count). The Morgan fingerprint density at radius 3 is 2.70 bits per heavy atom. The predicted molar refractivity (Wildman–Crippen MR) is 91.9 cm³/mol. The van der Waals surface area contributed by atoms with E-state index in [0.29, 0.717) is 18.8 Å². The molecule has 0 aromatic heterocycles. The van der Waals surface area contributed by atoms with E-state index in [1.54, 1.807) is 18.2 Å². The number of amides is 1. The Balaban J connectivity index is 2.21. The number of nitrogens with zero attached hydrogens (tertiary/aromatic N) is 3. The van der Waals surface area contributed by atoms with E-state index in [9.17, 15) is 4.79 Å². The maximum atomic E-state index is 12.2. The van der Waals surface area contributed by atoms with Gasteiger partial charge in [0.15, 0.2) is 0 Å². The number of hydrazone groups is 1. The fourth-order valence-corrected chi connectivity index (χ4v) is 2.50. The van der Waals surface area contributed by atoms with Gasteiger partial charge in [-0.15, -0.1) is 0 Å². The maximum absolute atomic E-state index is 12.2. The third-order valence-corrected chi connectivity index (χ3v) is 3.56. The lowest BCUT2D eigenvalue weighted by Crippen LogP contribution is -2.39. The monoisotopic (exact) mass is 316 g/mol. The Kier molecular flexibility index (Phi) is 5.03. The molecule has 1 heterocycles. The van der Waals surface area contributed by atoms with Crippen molar-refractivity contribution >= 4 is 18.0 Å². The molecular weight excluding hydrogens is 292 g/mol. The van der Waals surface area contributed by atoms with Gasteiger partial charge < -0.3 is 15.5 Å². The molecule has 0 saturated heterocycles. The minimum absolute atomic E-state index is 0.281. The van der Waals surface area contributed by atoms with Crippen molar-refractivity contribution < 1.29 is 9.53 Å². The molecule has 0 unspecified atom stereocenters. The summed E-state index contributed by atoms with van der Waals surface area (Å²) in [6.07, 6.45) is 2.15. The fourth-order valence-electron chi connectivity index (χ4n) is 2.50. The van der Waals surface area contributed by atoms with E-state index in [1.165, 1.54) is 5.56 Å². The van der Waals surface area contributed by atoms with E-state index in [-0.39, 0.29) is 6.09 Å². The van der Waals surface area contributed by atoms with Gasteiger partial charge in [0.25, 0.3) is 0 Å². The van der Waals surface area contributed by atoms with Crippen LogP contribution in [0.1, 0.15) is 37.5 Å². The third kappa shape index (κ3) is 4.31. The third-order valence-electron chi connectivity index (χ3n) is 3.56. The van der Waals surface area contributed by atoms with E-state index in [1.807, 2.05) is 32.9 Å². The highest BCUT2D eigenvalue weighted by molar-refractivity contribution is 6.38. The molecule has 0 saturated carbocycles. The summed E-state index contributed by atoms with van der Waals surface area (Å²) >= 11 is 0. The molecule has 23 heavy (non-hydrogen) atoms. The van der Waals surface area contributed by atoms with Gasteiger partial charge in [-0.05, 0) is 44.4 Å². The van der Waals surface area contributed by atoms with E-state index >= 15 is 0 Å². The highest BCUT2D eigenvalue weighted by Gasteiger charge is 2.25. The van der Waals surface area contributed by atoms with Crippen molar-refractivity contribution in [3.8, 4) is 0 Å². The average molecular weight is 316 g/mol. The van der Waals surface area contributed by atoms with Crippen molar-refractivity contribution in [1.82, 2.24) is 4.90 Å². The number of hydrogen-bond donors (Lipinski definition) is 1. The van der Waals surface area contributed by atoms with Gasteiger partial charge in [-0.1, -0.05) is 12.1 Å². The predicted octanol–water partition coefficient (Wildman–Crippen LogP) is 2.34. The quantitative estimate of drug-likeness (QED) is 0.516. The minimum Gasteiger partial charge on any atom is -0.444 e. The van der Waals surface area contributed by atoms with Gasteiger partial charge in [0.1, 0.15) is 11.3 Å². The molecule has 1 aliphatic heterocycles. The van der Waals surface area contributed by atoms with Gasteiger partial charge in [-0.2, -0.15) is 5.10 Å². The number of benzene rings is 1. The van der Waals surface area contributed by atoms with E-state index in [4.69, 9.17) is 10.6 Å². The van der Waals surface area contributed by atoms with Crippen LogP contribution in [0.2, 0.25) is 0 Å². The van der Waals surface area contributed by atoms with Crippen molar-refractivity contribution in [2.45, 2.75) is 39.3 Å². The van der Waals surface area contributed by atoms with Crippen molar-refractivity contribution in [2.75, 3.05) is 13.6 Å². The Hall–Kier alpha value is -2.37. The molecule has 1 amide bonds. The second-order valence-electron chi connectivity index (χ2n) is 6.54. The van der Waals surface area contributed by atoms with E-state index in [0.717, 1.165) is 17.5 Å². The maximum Gasteiger partial charge on any atom is 0.410 e. The number of aliphatic imine (C=N–C) groups is 1. The lowest BCUT2D eigenvalue weighted by atomic mass is 9.96. The summed E-state index contributed by atoms with van der Waals surface area (Å²) in [5, 5.41) is 3.76. The smallest absolute Gasteiger partial charge is 0.410 e. The zero-order valence-corrected chi connectivity index (χ0v) is 14.2. The summed E-state index contributed by atoms with van der Waals surface area (Å²) in [6.45, 7) is 6.80. The van der Waals surface area contributed by atoms with Crippen LogP contribution in [-0.2, 0) is 17.7 Å². The van der Waals surface area contributed by atoms with Crippen LogP contribution >= 0.6 is 0 Å². The van der Waals surface area contributed by atoms with Gasteiger partial charge in [0, 0.05) is 31.9 Å². The van der Waals surface area contributed by atoms with Crippen LogP contribution in [0.3, 0.4) is 0 Å². The van der Waals surface area contributed by atoms with Crippen molar-refractivity contribution in [1.29, 1.82) is 0 Å². The molecule has 2 N–H and O–H groups in total. The SMILES string of the molecule is CN=CC(=NN)c1ccc2c(c1)CN(C(=O)OC(C)(C)C)CC2. The summed E-state index contributed by atoms with van der Waals surface area (Å²) in [7, 11) is 1.67. The molecule has 6 nitrogen and oxygen atoms in total. The summed E-state index contributed by atoms with van der Waals surface area (Å²) in [6, 6.07) is 6.06. The van der Waals surface area contributed by atoms with Crippen molar-refractivity contribution in [3.63, 3.8) is 0 Å². The first-order valence-corrected chi connectivity index (χ1v) is 7.64. The van der Waals surface area contributed by atoms with Crippen molar-refractivity contribution in [3.05, 3.63) is 34.9 Å². The molecule has 0 fully saturated rings. The molecule has 0 radical (unpaired) electrons. The summed E-state index contributed by atoms with van der Waals surface area (Å²) < 4.78 is 5.45. The number of carbonyl (C=O) groups excluding carboxylic acids is 1. The molecule has 6 heteroatoms. The highest BCUT2D eigenvalue weighted by Crippen LogP contribution is 2.22. The lowest BCUT2D eigenvalue weighted by molar-refractivity contribution is 0.0224. The van der Waals surface area contributed by atoms with Gasteiger partial charge in [-0.25, -0.2) is 4.79 Å².